The van der Waals surface area contributed by atoms with E-state index in [2.05, 4.69) is 19.8 Å². The van der Waals surface area contributed by atoms with Crippen LogP contribution in [0, 0.1) is 0 Å². The van der Waals surface area contributed by atoms with Gasteiger partial charge in [-0.25, -0.2) is 9.59 Å². The minimum Gasteiger partial charge on any atom is -0.478 e. The van der Waals surface area contributed by atoms with Crippen LogP contribution in [-0.4, -0.2) is 76.7 Å². The number of thioether (sulfide) groups is 1. The van der Waals surface area contributed by atoms with E-state index in [1.807, 2.05) is 0 Å². The average molecular weight is 485 g/mol. The molecule has 13 nitrogen and oxygen atoms in total. The summed E-state index contributed by atoms with van der Waals surface area (Å²) >= 11 is 2.11. The number of nitrogens with two attached hydrogens (primary N) is 1. The highest BCUT2D eigenvalue weighted by molar-refractivity contribution is 8.00. The molecule has 2 aliphatic heterocycles. The molecule has 1 aromatic rings. The molecule has 0 radical (unpaired) electrons. The maximum Gasteiger partial charge on any atom is 0.352 e. The number of nitrogens with one attached hydrogen (secondary N) is 1. The topological polar surface area (TPSA) is 197 Å². The second kappa shape index (κ2) is 8.74. The molecule has 5 N–H and O–H groups in total. The van der Waals surface area contributed by atoms with Crippen LogP contribution in [0.5, 0.6) is 0 Å². The summed E-state index contributed by atoms with van der Waals surface area (Å²) in [5.41, 5.74) is 3.90. The molecule has 3 heterocycles. The molecular weight excluding hydrogens is 464 g/mol. The van der Waals surface area contributed by atoms with Crippen molar-refractivity contribution in [2.24, 2.45) is 5.16 Å². The third-order valence-corrected chi connectivity index (χ3v) is 6.59. The number of aliphatic carboxylic acids is 2. The summed E-state index contributed by atoms with van der Waals surface area (Å²) in [6.07, 6.45) is 0.479. The summed E-state index contributed by atoms with van der Waals surface area (Å²) < 4.78 is 3.89. The highest BCUT2D eigenvalue weighted by atomic mass is 32.2. The molecule has 0 saturated carbocycles. The number of oxime groups is 1. The molecule has 2 amide bonds. The maximum atomic E-state index is 12.9. The van der Waals surface area contributed by atoms with Crippen LogP contribution in [0.3, 0.4) is 0 Å². The van der Waals surface area contributed by atoms with E-state index < -0.39 is 46.5 Å². The number of amides is 2. The minimum atomic E-state index is -1.76. The normalized spacial score (nSPS) is 21.0. The van der Waals surface area contributed by atoms with Crippen LogP contribution in [0.2, 0.25) is 0 Å². The molecule has 3 rings (SSSR count). The molecule has 2 aliphatic rings. The van der Waals surface area contributed by atoms with Gasteiger partial charge in [0.15, 0.2) is 5.13 Å². The zero-order chi connectivity index (χ0) is 23.8. The van der Waals surface area contributed by atoms with Crippen molar-refractivity contribution in [3.63, 3.8) is 0 Å². The van der Waals surface area contributed by atoms with Gasteiger partial charge < -0.3 is 26.1 Å². The summed E-state index contributed by atoms with van der Waals surface area (Å²) in [7, 11) is 0. The lowest BCUT2D eigenvalue weighted by Gasteiger charge is -2.49. The van der Waals surface area contributed by atoms with Crippen LogP contribution >= 0.6 is 23.3 Å². The van der Waals surface area contributed by atoms with Crippen molar-refractivity contribution in [3.05, 3.63) is 17.1 Å². The minimum absolute atomic E-state index is 0.0371. The number of nitrogens with zero attached hydrogens (tertiary/aromatic N) is 4. The molecule has 1 saturated heterocycles. The summed E-state index contributed by atoms with van der Waals surface area (Å²) in [4.78, 5) is 58.5. The van der Waals surface area contributed by atoms with E-state index in [1.165, 1.54) is 25.6 Å². The fourth-order valence-electron chi connectivity index (χ4n) is 2.88. The van der Waals surface area contributed by atoms with Gasteiger partial charge in [0.05, 0.1) is 0 Å². The van der Waals surface area contributed by atoms with E-state index >= 15 is 0 Å². The number of β-lactam (4-membered cyclic amide) rings is 1. The number of carboxylic acids is 2. The standard InChI is InChI=1S/C17H20N6O7S2/c1-4-6-5-31-13-8(12(25)23(13)9(6)14(26)27)19-11(24)7(10-20-16(18)32-22-10)21-30-17(2,3)15(28)29/h8,13H,4-5H2,1-3H3,(H,19,24)(H,26,27)(H,28,29)(H2,18,20,22)/b21-7-/t8-,13?/m1/s1. The number of fused-ring (bicyclic) bond motifs is 1. The predicted molar refractivity (Wildman–Crippen MR) is 114 cm³/mol. The molecule has 0 aliphatic carbocycles. The molecule has 1 aromatic heterocycles. The van der Waals surface area contributed by atoms with Gasteiger partial charge in [0, 0.05) is 17.3 Å². The lowest BCUT2D eigenvalue weighted by Crippen LogP contribution is -2.71. The number of nitrogen functional groups attached to an aromatic ring is 1. The van der Waals surface area contributed by atoms with Gasteiger partial charge in [-0.2, -0.15) is 9.36 Å². The highest BCUT2D eigenvalue weighted by Gasteiger charge is 2.54. The molecular formula is C17H20N6O7S2. The monoisotopic (exact) mass is 484 g/mol. The van der Waals surface area contributed by atoms with Crippen LogP contribution in [-0.2, 0) is 24.0 Å². The van der Waals surface area contributed by atoms with E-state index in [0.29, 0.717) is 17.7 Å². The first-order valence-electron chi connectivity index (χ1n) is 9.27. The van der Waals surface area contributed by atoms with Crippen molar-refractivity contribution >= 4 is 57.9 Å². The number of hydrogen-bond donors (Lipinski definition) is 4. The van der Waals surface area contributed by atoms with Crippen molar-refractivity contribution in [1.29, 1.82) is 0 Å². The molecule has 1 unspecified atom stereocenters. The fraction of sp³-hybridized carbons (Fsp3) is 0.471. The molecule has 0 bridgehead atoms. The van der Waals surface area contributed by atoms with Crippen molar-refractivity contribution < 1.29 is 34.2 Å². The Bertz CT molecular complexity index is 1050. The molecule has 1 fully saturated rings. The zero-order valence-corrected chi connectivity index (χ0v) is 18.8. The number of carbonyl (C=O) groups is 4. The van der Waals surface area contributed by atoms with Crippen LogP contribution in [0.25, 0.3) is 0 Å². The Hall–Kier alpha value is -3.20. The molecule has 32 heavy (non-hydrogen) atoms. The Morgan fingerprint density at radius 1 is 1.38 bits per heavy atom. The first-order chi connectivity index (χ1) is 15.0. The second-order valence-corrected chi connectivity index (χ2v) is 9.16. The third-order valence-electron chi connectivity index (χ3n) is 4.71. The van der Waals surface area contributed by atoms with Gasteiger partial charge in [-0.1, -0.05) is 12.1 Å². The third kappa shape index (κ3) is 4.25. The quantitative estimate of drug-likeness (QED) is 0.217. The molecule has 2 atom stereocenters. The Morgan fingerprint density at radius 2 is 2.06 bits per heavy atom. The van der Waals surface area contributed by atoms with Crippen molar-refractivity contribution in [2.75, 3.05) is 11.5 Å². The fourth-order valence-corrected chi connectivity index (χ4v) is 4.76. The largest absolute Gasteiger partial charge is 0.478 e. The number of carbonyl (C=O) groups excluding carboxylic acids is 2. The number of rotatable bonds is 8. The van der Waals surface area contributed by atoms with Gasteiger partial charge in [0.2, 0.25) is 17.1 Å². The van der Waals surface area contributed by atoms with E-state index in [4.69, 9.17) is 10.6 Å². The highest BCUT2D eigenvalue weighted by Crippen LogP contribution is 2.41. The van der Waals surface area contributed by atoms with Crippen LogP contribution in [0.4, 0.5) is 5.13 Å². The summed E-state index contributed by atoms with van der Waals surface area (Å²) in [5.74, 6) is -3.82. The van der Waals surface area contributed by atoms with Gasteiger partial charge in [0.1, 0.15) is 17.1 Å². The van der Waals surface area contributed by atoms with Crippen LogP contribution in [0.15, 0.2) is 16.4 Å². The first-order valence-corrected chi connectivity index (χ1v) is 11.1. The summed E-state index contributed by atoms with van der Waals surface area (Å²) in [6.45, 7) is 4.26. The number of hydrogen-bond acceptors (Lipinski definition) is 11. The molecule has 0 spiro atoms. The Balaban J connectivity index is 1.83. The summed E-state index contributed by atoms with van der Waals surface area (Å²) in [6, 6.07) is -1.02. The zero-order valence-electron chi connectivity index (χ0n) is 17.2. The molecule has 0 aromatic carbocycles. The van der Waals surface area contributed by atoms with Crippen molar-refractivity contribution in [2.45, 2.75) is 44.2 Å². The second-order valence-electron chi connectivity index (χ2n) is 7.27. The average Bonchev–Trinajstić information content (AvgIpc) is 3.16. The number of aromatic nitrogens is 2. The Kier molecular flexibility index (Phi) is 6.41. The Morgan fingerprint density at radius 3 is 2.59 bits per heavy atom. The lowest BCUT2D eigenvalue weighted by atomic mass is 10.0. The van der Waals surface area contributed by atoms with Gasteiger partial charge >= 0.3 is 11.9 Å². The van der Waals surface area contributed by atoms with Gasteiger partial charge in [-0.05, 0) is 25.8 Å². The summed E-state index contributed by atoms with van der Waals surface area (Å²) in [5, 5.41) is 24.2. The first kappa shape index (κ1) is 23.5. The maximum absolute atomic E-state index is 12.9. The SMILES string of the molecule is CCC1=C(C(=O)O)N2C(=O)[C@@H](NC(=O)/C(=N\OC(C)(C)C(=O)O)c3nsc(N)n3)C2SC1. The number of anilines is 1. The van der Waals surface area contributed by atoms with E-state index in [0.717, 1.165) is 16.4 Å². The van der Waals surface area contributed by atoms with Gasteiger partial charge in [-0.3, -0.25) is 14.5 Å². The molecule has 15 heteroatoms. The smallest absolute Gasteiger partial charge is 0.352 e. The van der Waals surface area contributed by atoms with Gasteiger partial charge in [-0.15, -0.1) is 11.8 Å². The lowest BCUT2D eigenvalue weighted by molar-refractivity contribution is -0.161. The molecule has 172 valence electrons. The predicted octanol–water partition coefficient (Wildman–Crippen LogP) is -0.147. The van der Waals surface area contributed by atoms with Crippen molar-refractivity contribution in [1.82, 2.24) is 19.6 Å². The van der Waals surface area contributed by atoms with Crippen LogP contribution < -0.4 is 11.1 Å². The van der Waals surface area contributed by atoms with E-state index in [9.17, 15) is 29.4 Å². The van der Waals surface area contributed by atoms with Crippen LogP contribution in [0.1, 0.15) is 33.0 Å². The van der Waals surface area contributed by atoms with Crippen molar-refractivity contribution in [3.8, 4) is 0 Å². The van der Waals surface area contributed by atoms with E-state index in [1.54, 1.807) is 6.92 Å². The Labute approximate surface area is 189 Å². The van der Waals surface area contributed by atoms with Gasteiger partial charge in [0.25, 0.3) is 11.8 Å². The van der Waals surface area contributed by atoms with E-state index in [-0.39, 0.29) is 16.7 Å². The number of carboxylic acid groups (broad SMARTS) is 2.